The molecule has 0 radical (unpaired) electrons. The Morgan fingerprint density at radius 3 is 1.78 bits per heavy atom. The summed E-state index contributed by atoms with van der Waals surface area (Å²) in [6, 6.07) is 64.0. The number of benzene rings is 8. The smallest absolute Gasteiger partial charge is 0.0967 e. The molecule has 8 aromatic carbocycles. The standard InChI is InChI=1S/C52H34N2S/c1-32(35-26-28-37-40-20-12-16-33-17-13-21-41(49(33)40)42(37)30-35)54-51(34-14-4-3-5-15-34)50(53-2)36-27-29-46-48(31-36)55-47-25-11-10-24-45(47)52(46)43-22-8-6-18-38(43)39-19-7-9-23-44(39)52/h3-31H,2H2,1H3/b51-50-,54-32+. The summed E-state index contributed by atoms with van der Waals surface area (Å²) in [6.45, 7) is 6.25. The summed E-state index contributed by atoms with van der Waals surface area (Å²) >= 11 is 1.84. The lowest BCUT2D eigenvalue weighted by Crippen LogP contribution is -2.32. The molecule has 0 saturated heterocycles. The Hall–Kier alpha value is -6.55. The summed E-state index contributed by atoms with van der Waals surface area (Å²) in [5.41, 5.74) is 18.1. The minimum atomic E-state index is -0.428. The maximum Gasteiger partial charge on any atom is 0.0967 e. The van der Waals surface area contributed by atoms with Crippen molar-refractivity contribution in [1.29, 1.82) is 0 Å². The van der Waals surface area contributed by atoms with E-state index in [4.69, 9.17) is 9.98 Å². The molecule has 0 fully saturated rings. The molecule has 258 valence electrons. The van der Waals surface area contributed by atoms with E-state index in [0.717, 1.165) is 33.8 Å². The Morgan fingerprint density at radius 2 is 1.05 bits per heavy atom. The van der Waals surface area contributed by atoms with Gasteiger partial charge in [-0.2, -0.15) is 0 Å². The highest BCUT2D eigenvalue weighted by Crippen LogP contribution is 2.62. The molecule has 1 spiro atoms. The van der Waals surface area contributed by atoms with Gasteiger partial charge in [-0.25, -0.2) is 0 Å². The zero-order valence-electron chi connectivity index (χ0n) is 30.3. The van der Waals surface area contributed by atoms with Crippen molar-refractivity contribution in [3.05, 3.63) is 215 Å². The van der Waals surface area contributed by atoms with Crippen LogP contribution in [0.5, 0.6) is 0 Å². The number of hydrogen-bond acceptors (Lipinski definition) is 3. The van der Waals surface area contributed by atoms with Crippen LogP contribution in [0.3, 0.4) is 0 Å². The minimum absolute atomic E-state index is 0.428. The number of aliphatic imine (C=N–C) groups is 2. The van der Waals surface area contributed by atoms with Crippen LogP contribution in [0, 0.1) is 0 Å². The van der Waals surface area contributed by atoms with Crippen molar-refractivity contribution in [1.82, 2.24) is 0 Å². The molecule has 3 heteroatoms. The topological polar surface area (TPSA) is 24.7 Å². The zero-order valence-corrected chi connectivity index (χ0v) is 31.1. The van der Waals surface area contributed by atoms with Crippen LogP contribution in [0.1, 0.15) is 45.9 Å². The first-order valence-corrected chi connectivity index (χ1v) is 19.6. The molecule has 2 aliphatic carbocycles. The third-order valence-electron chi connectivity index (χ3n) is 11.8. The van der Waals surface area contributed by atoms with E-state index in [0.29, 0.717) is 0 Å². The lowest BCUT2D eigenvalue weighted by molar-refractivity contribution is 0.722. The molecule has 1 heterocycles. The van der Waals surface area contributed by atoms with Crippen molar-refractivity contribution < 1.29 is 0 Å². The van der Waals surface area contributed by atoms with Crippen LogP contribution in [0.2, 0.25) is 0 Å². The van der Waals surface area contributed by atoms with Crippen LogP contribution >= 0.6 is 11.8 Å². The summed E-state index contributed by atoms with van der Waals surface area (Å²) < 4.78 is 0. The molecule has 8 aromatic rings. The molecule has 0 N–H and O–H groups in total. The molecule has 0 saturated carbocycles. The van der Waals surface area contributed by atoms with Gasteiger partial charge >= 0.3 is 0 Å². The number of hydrogen-bond donors (Lipinski definition) is 0. The Labute approximate surface area is 325 Å². The minimum Gasteiger partial charge on any atom is -0.262 e. The summed E-state index contributed by atoms with van der Waals surface area (Å²) in [5.74, 6) is 0. The Balaban J connectivity index is 1.09. The highest BCUT2D eigenvalue weighted by Gasteiger charge is 2.50. The fourth-order valence-corrected chi connectivity index (χ4v) is 10.6. The molecular formula is C52H34N2S. The Kier molecular flexibility index (Phi) is 7.11. The molecule has 0 unspecified atom stereocenters. The van der Waals surface area contributed by atoms with E-state index in [1.807, 2.05) is 17.8 Å². The van der Waals surface area contributed by atoms with Crippen LogP contribution in [-0.2, 0) is 5.41 Å². The predicted octanol–water partition coefficient (Wildman–Crippen LogP) is 13.4. The highest BCUT2D eigenvalue weighted by atomic mass is 32.2. The second-order valence-electron chi connectivity index (χ2n) is 14.5. The van der Waals surface area contributed by atoms with Gasteiger partial charge in [0.15, 0.2) is 0 Å². The molecule has 0 atom stereocenters. The Bertz CT molecular complexity index is 2940. The van der Waals surface area contributed by atoms with E-state index in [2.05, 4.69) is 183 Å². The first-order chi connectivity index (χ1) is 27.1. The molecule has 0 bridgehead atoms. The van der Waals surface area contributed by atoms with Gasteiger partial charge in [0, 0.05) is 26.6 Å². The van der Waals surface area contributed by atoms with E-state index in [1.54, 1.807) is 0 Å². The molecule has 55 heavy (non-hydrogen) atoms. The van der Waals surface area contributed by atoms with Crippen LogP contribution in [0.15, 0.2) is 196 Å². The van der Waals surface area contributed by atoms with E-state index >= 15 is 0 Å². The van der Waals surface area contributed by atoms with Gasteiger partial charge < -0.3 is 0 Å². The summed E-state index contributed by atoms with van der Waals surface area (Å²) in [4.78, 5) is 12.7. The van der Waals surface area contributed by atoms with Gasteiger partial charge in [0.25, 0.3) is 0 Å². The van der Waals surface area contributed by atoms with Gasteiger partial charge in [-0.15, -0.1) is 0 Å². The molecule has 11 rings (SSSR count). The van der Waals surface area contributed by atoms with E-state index in [-0.39, 0.29) is 0 Å². The molecule has 0 aromatic heterocycles. The van der Waals surface area contributed by atoms with Crippen molar-refractivity contribution in [2.24, 2.45) is 9.98 Å². The average molecular weight is 719 g/mol. The van der Waals surface area contributed by atoms with Crippen LogP contribution < -0.4 is 0 Å². The van der Waals surface area contributed by atoms with Gasteiger partial charge in [-0.3, -0.25) is 9.98 Å². The summed E-state index contributed by atoms with van der Waals surface area (Å²) in [6.07, 6.45) is 0. The summed E-state index contributed by atoms with van der Waals surface area (Å²) in [5, 5.41) is 2.60. The van der Waals surface area contributed by atoms with Gasteiger partial charge in [0.05, 0.1) is 16.8 Å². The molecule has 1 aliphatic heterocycles. The molecule has 3 aliphatic rings. The van der Waals surface area contributed by atoms with Crippen LogP contribution in [0.25, 0.3) is 55.5 Å². The molecular weight excluding hydrogens is 685 g/mol. The highest BCUT2D eigenvalue weighted by molar-refractivity contribution is 7.99. The van der Waals surface area contributed by atoms with Crippen LogP contribution in [0.4, 0.5) is 0 Å². The first kappa shape index (κ1) is 31.9. The largest absolute Gasteiger partial charge is 0.262 e. The van der Waals surface area contributed by atoms with Gasteiger partial charge in [-0.1, -0.05) is 169 Å². The lowest BCUT2D eigenvalue weighted by atomic mass is 9.67. The first-order valence-electron chi connectivity index (χ1n) is 18.8. The summed E-state index contributed by atoms with van der Waals surface area (Å²) in [7, 11) is 0. The Morgan fingerprint density at radius 1 is 0.455 bits per heavy atom. The fraction of sp³-hybridized carbons (Fsp3) is 0.0385. The van der Waals surface area contributed by atoms with E-state index in [1.165, 1.54) is 76.2 Å². The monoisotopic (exact) mass is 718 g/mol. The SMILES string of the molecule is C=N/C(=C(\N=C(/C)c1ccc2c(c1)-c1cccc3cccc-2c13)c1ccccc1)c1ccc2c(c1)Sc1ccccc1C21c2ccccc2-c2ccccc21. The third-order valence-corrected chi connectivity index (χ3v) is 12.9. The fourth-order valence-electron chi connectivity index (χ4n) is 9.41. The number of nitrogens with zero attached hydrogens (tertiary/aromatic N) is 2. The zero-order chi connectivity index (χ0) is 36.7. The maximum atomic E-state index is 5.42. The normalized spacial score (nSPS) is 14.5. The van der Waals surface area contributed by atoms with Crippen molar-refractivity contribution in [2.45, 2.75) is 22.1 Å². The number of fused-ring (bicyclic) bond motifs is 12. The van der Waals surface area contributed by atoms with Gasteiger partial charge in [-0.05, 0) is 104 Å². The average Bonchev–Trinajstić information content (AvgIpc) is 3.72. The van der Waals surface area contributed by atoms with Crippen LogP contribution in [-0.4, -0.2) is 12.4 Å². The van der Waals surface area contributed by atoms with Crippen molar-refractivity contribution in [3.63, 3.8) is 0 Å². The van der Waals surface area contributed by atoms with Crippen molar-refractivity contribution >= 4 is 46.4 Å². The molecule has 0 amide bonds. The maximum absolute atomic E-state index is 5.42. The second-order valence-corrected chi connectivity index (χ2v) is 15.6. The predicted molar refractivity (Wildman–Crippen MR) is 231 cm³/mol. The lowest BCUT2D eigenvalue weighted by Gasteiger charge is -2.39. The van der Waals surface area contributed by atoms with E-state index < -0.39 is 5.41 Å². The molecule has 2 nitrogen and oxygen atoms in total. The third kappa shape index (κ3) is 4.57. The van der Waals surface area contributed by atoms with Crippen molar-refractivity contribution in [2.75, 3.05) is 0 Å². The quantitative estimate of drug-likeness (QED) is 0.128. The van der Waals surface area contributed by atoms with Crippen molar-refractivity contribution in [3.8, 4) is 33.4 Å². The van der Waals surface area contributed by atoms with Gasteiger partial charge in [0.1, 0.15) is 0 Å². The number of rotatable bonds is 5. The van der Waals surface area contributed by atoms with Gasteiger partial charge in [0.2, 0.25) is 0 Å². The van der Waals surface area contributed by atoms with E-state index in [9.17, 15) is 0 Å². The second kappa shape index (κ2) is 12.2.